The highest BCUT2D eigenvalue weighted by atomic mass is 32.2. The summed E-state index contributed by atoms with van der Waals surface area (Å²) in [5, 5.41) is 6.98. The smallest absolute Gasteiger partial charge is 0.406 e. The number of nitrogens with zero attached hydrogens (tertiary/aromatic N) is 1. The fraction of sp³-hybridized carbons (Fsp3) is 0.450. The molecule has 1 aromatic heterocycles. The maximum atomic E-state index is 12.8. The van der Waals surface area contributed by atoms with E-state index in [1.807, 2.05) is 23.8 Å². The van der Waals surface area contributed by atoms with Crippen molar-refractivity contribution in [1.82, 2.24) is 9.62 Å². The molecule has 0 bridgehead atoms. The van der Waals surface area contributed by atoms with Crippen LogP contribution in [0.2, 0.25) is 0 Å². The Morgan fingerprint density at radius 3 is 2.61 bits per heavy atom. The average molecular weight is 477 g/mol. The van der Waals surface area contributed by atoms with E-state index in [-0.39, 0.29) is 35.9 Å². The van der Waals surface area contributed by atoms with Crippen LogP contribution in [0.5, 0.6) is 5.75 Å². The number of halogens is 3. The molecule has 1 atom stereocenters. The fourth-order valence-corrected chi connectivity index (χ4v) is 5.70. The van der Waals surface area contributed by atoms with E-state index in [2.05, 4.69) is 10.1 Å². The van der Waals surface area contributed by atoms with E-state index in [0.717, 1.165) is 24.1 Å². The molecular formula is C20H23F3N2O4S2. The Hall–Kier alpha value is -2.11. The van der Waals surface area contributed by atoms with Crippen molar-refractivity contribution in [2.75, 3.05) is 13.1 Å². The maximum Gasteiger partial charge on any atom is 0.573 e. The van der Waals surface area contributed by atoms with E-state index in [0.29, 0.717) is 12.8 Å². The molecule has 1 saturated heterocycles. The van der Waals surface area contributed by atoms with Crippen molar-refractivity contribution in [2.45, 2.75) is 43.5 Å². The van der Waals surface area contributed by atoms with Gasteiger partial charge in [0.05, 0.1) is 4.90 Å². The molecule has 2 heterocycles. The molecule has 6 nitrogen and oxygen atoms in total. The molecule has 1 fully saturated rings. The monoisotopic (exact) mass is 476 g/mol. The summed E-state index contributed by atoms with van der Waals surface area (Å²) in [5.41, 5.74) is 1.15. The number of ether oxygens (including phenoxy) is 1. The quantitative estimate of drug-likeness (QED) is 0.660. The minimum absolute atomic E-state index is 0.0414. The number of piperidine rings is 1. The summed E-state index contributed by atoms with van der Waals surface area (Å²) in [6, 6.07) is 6.28. The van der Waals surface area contributed by atoms with Crippen LogP contribution in [-0.2, 0) is 21.2 Å². The van der Waals surface area contributed by atoms with Gasteiger partial charge in [0.1, 0.15) is 5.75 Å². The van der Waals surface area contributed by atoms with Gasteiger partial charge in [0.2, 0.25) is 15.9 Å². The normalized spacial score (nSPS) is 17.3. The standard InChI is InChI=1S/C20H23F3N2O4S2/c1-14(11-15-7-10-30-13-15)24-19(26)16-5-8-25(9-6-16)31(27,28)18-4-2-3-17(12-18)29-20(21,22)23/h2-4,7,10,12-14,16H,5-6,8-9,11H2,1H3,(H,24,26). The van der Waals surface area contributed by atoms with Crippen LogP contribution in [-0.4, -0.2) is 44.1 Å². The van der Waals surface area contributed by atoms with Crippen molar-refractivity contribution in [3.63, 3.8) is 0 Å². The second kappa shape index (κ2) is 9.58. The van der Waals surface area contributed by atoms with Gasteiger partial charge in [-0.1, -0.05) is 6.07 Å². The number of amides is 1. The van der Waals surface area contributed by atoms with Gasteiger partial charge in [-0.25, -0.2) is 8.42 Å². The van der Waals surface area contributed by atoms with Gasteiger partial charge in [0.25, 0.3) is 0 Å². The molecule has 0 radical (unpaired) electrons. The van der Waals surface area contributed by atoms with Crippen molar-refractivity contribution in [3.05, 3.63) is 46.7 Å². The fourth-order valence-electron chi connectivity index (χ4n) is 3.51. The maximum absolute atomic E-state index is 12.8. The summed E-state index contributed by atoms with van der Waals surface area (Å²) in [7, 11) is -3.99. The number of carbonyl (C=O) groups excluding carboxylic acids is 1. The van der Waals surface area contributed by atoms with Gasteiger partial charge in [-0.3, -0.25) is 4.79 Å². The van der Waals surface area contributed by atoms with Crippen molar-refractivity contribution >= 4 is 27.3 Å². The first kappa shape index (κ1) is 23.6. The number of rotatable bonds is 7. The SMILES string of the molecule is CC(Cc1ccsc1)NC(=O)C1CCN(S(=O)(=O)c2cccc(OC(F)(F)F)c2)CC1. The lowest BCUT2D eigenvalue weighted by Gasteiger charge is -2.31. The summed E-state index contributed by atoms with van der Waals surface area (Å²) < 4.78 is 67.9. The number of sulfonamides is 1. The molecule has 1 N–H and O–H groups in total. The third kappa shape index (κ3) is 6.44. The summed E-state index contributed by atoms with van der Waals surface area (Å²) >= 11 is 1.59. The lowest BCUT2D eigenvalue weighted by molar-refractivity contribution is -0.274. The Kier molecular flexibility index (Phi) is 7.28. The number of thiophene rings is 1. The minimum Gasteiger partial charge on any atom is -0.406 e. The minimum atomic E-state index is -4.91. The number of benzene rings is 1. The molecule has 1 amide bonds. The number of hydrogen-bond donors (Lipinski definition) is 1. The van der Waals surface area contributed by atoms with Crippen LogP contribution in [0.4, 0.5) is 13.2 Å². The molecule has 0 aliphatic carbocycles. The van der Waals surface area contributed by atoms with Crippen LogP contribution in [0.25, 0.3) is 0 Å². The number of hydrogen-bond acceptors (Lipinski definition) is 5. The van der Waals surface area contributed by atoms with Crippen LogP contribution in [0.1, 0.15) is 25.3 Å². The van der Waals surface area contributed by atoms with Crippen molar-refractivity contribution in [1.29, 1.82) is 0 Å². The second-order valence-electron chi connectivity index (χ2n) is 7.45. The summed E-state index contributed by atoms with van der Waals surface area (Å²) in [6.07, 6.45) is -3.50. The first-order valence-electron chi connectivity index (χ1n) is 9.72. The Balaban J connectivity index is 1.57. The molecule has 170 valence electrons. The van der Waals surface area contributed by atoms with Crippen LogP contribution in [0.15, 0.2) is 46.0 Å². The largest absolute Gasteiger partial charge is 0.573 e. The van der Waals surface area contributed by atoms with E-state index < -0.39 is 22.1 Å². The van der Waals surface area contributed by atoms with Gasteiger partial charge in [-0.2, -0.15) is 15.6 Å². The van der Waals surface area contributed by atoms with Gasteiger partial charge >= 0.3 is 6.36 Å². The molecule has 3 rings (SSSR count). The lowest BCUT2D eigenvalue weighted by atomic mass is 9.96. The third-order valence-corrected chi connectivity index (χ3v) is 7.64. The Bertz CT molecular complexity index is 986. The summed E-state index contributed by atoms with van der Waals surface area (Å²) in [4.78, 5) is 12.3. The van der Waals surface area contributed by atoms with Gasteiger partial charge in [-0.05, 0) is 60.7 Å². The highest BCUT2D eigenvalue weighted by molar-refractivity contribution is 7.89. The molecule has 2 aromatic rings. The molecular weight excluding hydrogens is 453 g/mol. The highest BCUT2D eigenvalue weighted by Gasteiger charge is 2.34. The van der Waals surface area contributed by atoms with E-state index in [4.69, 9.17) is 0 Å². The molecule has 0 spiro atoms. The molecule has 11 heteroatoms. The van der Waals surface area contributed by atoms with Crippen LogP contribution in [0.3, 0.4) is 0 Å². The number of carbonyl (C=O) groups is 1. The summed E-state index contributed by atoms with van der Waals surface area (Å²) in [6.45, 7) is 2.15. The van der Waals surface area contributed by atoms with E-state index in [1.165, 1.54) is 16.4 Å². The molecule has 1 aromatic carbocycles. The third-order valence-electron chi connectivity index (χ3n) is 5.01. The topological polar surface area (TPSA) is 75.7 Å². The number of alkyl halides is 3. The number of nitrogens with one attached hydrogen (secondary N) is 1. The van der Waals surface area contributed by atoms with Gasteiger partial charge < -0.3 is 10.1 Å². The molecule has 1 unspecified atom stereocenters. The Morgan fingerprint density at radius 2 is 2.00 bits per heavy atom. The lowest BCUT2D eigenvalue weighted by Crippen LogP contribution is -2.45. The van der Waals surface area contributed by atoms with Crippen molar-refractivity contribution < 1.29 is 31.1 Å². The zero-order valence-electron chi connectivity index (χ0n) is 16.8. The summed E-state index contributed by atoms with van der Waals surface area (Å²) in [5.74, 6) is -1.01. The zero-order chi connectivity index (χ0) is 22.6. The van der Waals surface area contributed by atoms with Crippen LogP contribution < -0.4 is 10.1 Å². The molecule has 31 heavy (non-hydrogen) atoms. The zero-order valence-corrected chi connectivity index (χ0v) is 18.4. The van der Waals surface area contributed by atoms with E-state index in [9.17, 15) is 26.4 Å². The van der Waals surface area contributed by atoms with Gasteiger partial charge in [-0.15, -0.1) is 13.2 Å². The van der Waals surface area contributed by atoms with Crippen LogP contribution in [0, 0.1) is 5.92 Å². The van der Waals surface area contributed by atoms with Crippen molar-refractivity contribution in [2.24, 2.45) is 5.92 Å². The van der Waals surface area contributed by atoms with E-state index in [1.54, 1.807) is 11.3 Å². The predicted octanol–water partition coefficient (Wildman–Crippen LogP) is 3.79. The first-order valence-corrected chi connectivity index (χ1v) is 12.1. The molecule has 1 aliphatic heterocycles. The van der Waals surface area contributed by atoms with Gasteiger partial charge in [0.15, 0.2) is 0 Å². The van der Waals surface area contributed by atoms with Crippen molar-refractivity contribution in [3.8, 4) is 5.75 Å². The first-order chi connectivity index (χ1) is 14.5. The van der Waals surface area contributed by atoms with E-state index >= 15 is 0 Å². The molecule has 0 saturated carbocycles. The average Bonchev–Trinajstić information content (AvgIpc) is 3.19. The molecule has 1 aliphatic rings. The Morgan fingerprint density at radius 1 is 1.29 bits per heavy atom. The van der Waals surface area contributed by atoms with Gasteiger partial charge in [0, 0.05) is 31.1 Å². The predicted molar refractivity (Wildman–Crippen MR) is 110 cm³/mol. The Labute approximate surface area is 183 Å². The van der Waals surface area contributed by atoms with Crippen LogP contribution >= 0.6 is 11.3 Å². The second-order valence-corrected chi connectivity index (χ2v) is 10.2. The highest BCUT2D eigenvalue weighted by Crippen LogP contribution is 2.28.